The number of pyridine rings is 1. The van der Waals surface area contributed by atoms with Crippen molar-refractivity contribution in [2.45, 2.75) is 33.3 Å². The second kappa shape index (κ2) is 5.69. The molecule has 0 aliphatic carbocycles. The van der Waals surface area contributed by atoms with Gasteiger partial charge in [0.1, 0.15) is 11.4 Å². The molecule has 4 heteroatoms. The SMILES string of the molecule is CC(=O)C=CCc1c[nH]c2nccc(OC(C)C)c12. The normalized spacial score (nSPS) is 11.6. The molecular weight excluding hydrogens is 240 g/mol. The topological polar surface area (TPSA) is 55.0 Å². The molecule has 19 heavy (non-hydrogen) atoms. The summed E-state index contributed by atoms with van der Waals surface area (Å²) in [5, 5.41) is 0.990. The van der Waals surface area contributed by atoms with Crippen LogP contribution < -0.4 is 4.74 Å². The van der Waals surface area contributed by atoms with Crippen molar-refractivity contribution in [2.24, 2.45) is 0 Å². The summed E-state index contributed by atoms with van der Waals surface area (Å²) in [5.41, 5.74) is 1.89. The molecule has 0 aromatic carbocycles. The van der Waals surface area contributed by atoms with E-state index in [1.165, 1.54) is 0 Å². The number of allylic oxidation sites excluding steroid dienone is 2. The summed E-state index contributed by atoms with van der Waals surface area (Å²) in [5.74, 6) is 0.879. The molecule has 2 rings (SSSR count). The van der Waals surface area contributed by atoms with Gasteiger partial charge in [0.05, 0.1) is 11.5 Å². The van der Waals surface area contributed by atoms with E-state index >= 15 is 0 Å². The first-order chi connectivity index (χ1) is 9.08. The highest BCUT2D eigenvalue weighted by Gasteiger charge is 2.10. The van der Waals surface area contributed by atoms with E-state index in [0.717, 1.165) is 22.3 Å². The van der Waals surface area contributed by atoms with Crippen molar-refractivity contribution < 1.29 is 9.53 Å². The van der Waals surface area contributed by atoms with Crippen LogP contribution in [0.15, 0.2) is 30.6 Å². The van der Waals surface area contributed by atoms with E-state index in [1.54, 1.807) is 19.2 Å². The molecule has 0 bridgehead atoms. The molecule has 0 saturated heterocycles. The summed E-state index contributed by atoms with van der Waals surface area (Å²) in [7, 11) is 0. The molecule has 2 aromatic rings. The van der Waals surface area contributed by atoms with Crippen LogP contribution in [0.4, 0.5) is 0 Å². The van der Waals surface area contributed by atoms with E-state index in [1.807, 2.05) is 32.2 Å². The minimum absolute atomic E-state index is 0.0524. The molecule has 0 unspecified atom stereocenters. The summed E-state index contributed by atoms with van der Waals surface area (Å²) in [6, 6.07) is 1.87. The Morgan fingerprint density at radius 2 is 2.32 bits per heavy atom. The standard InChI is InChI=1S/C15H18N2O2/c1-10(2)19-13-7-8-16-15-14(13)12(9-17-15)6-4-5-11(3)18/h4-5,7-10H,6H2,1-3H3,(H,16,17). The largest absolute Gasteiger partial charge is 0.490 e. The van der Waals surface area contributed by atoms with Gasteiger partial charge in [-0.2, -0.15) is 0 Å². The Kier molecular flexibility index (Phi) is 4.00. The van der Waals surface area contributed by atoms with Gasteiger partial charge in [0, 0.05) is 12.4 Å². The van der Waals surface area contributed by atoms with Crippen molar-refractivity contribution in [1.82, 2.24) is 9.97 Å². The maximum atomic E-state index is 10.9. The molecule has 4 nitrogen and oxygen atoms in total. The van der Waals surface area contributed by atoms with Crippen molar-refractivity contribution in [2.75, 3.05) is 0 Å². The minimum atomic E-state index is 0.0524. The maximum absolute atomic E-state index is 10.9. The fourth-order valence-electron chi connectivity index (χ4n) is 1.96. The average molecular weight is 258 g/mol. The molecule has 2 heterocycles. The highest BCUT2D eigenvalue weighted by molar-refractivity contribution is 5.88. The maximum Gasteiger partial charge on any atom is 0.152 e. The molecule has 0 fully saturated rings. The molecule has 0 saturated carbocycles. The first kappa shape index (κ1) is 13.3. The number of nitrogens with zero attached hydrogens (tertiary/aromatic N) is 1. The van der Waals surface area contributed by atoms with Crippen molar-refractivity contribution in [1.29, 1.82) is 0 Å². The van der Waals surface area contributed by atoms with E-state index in [4.69, 9.17) is 4.74 Å². The van der Waals surface area contributed by atoms with E-state index in [2.05, 4.69) is 9.97 Å². The van der Waals surface area contributed by atoms with Crippen molar-refractivity contribution in [3.05, 3.63) is 36.2 Å². The summed E-state index contributed by atoms with van der Waals surface area (Å²) >= 11 is 0. The van der Waals surface area contributed by atoms with Gasteiger partial charge in [0.15, 0.2) is 5.78 Å². The lowest BCUT2D eigenvalue weighted by Crippen LogP contribution is -2.06. The Hall–Kier alpha value is -2.10. The average Bonchev–Trinajstić information content (AvgIpc) is 2.72. The smallest absolute Gasteiger partial charge is 0.152 e. The number of nitrogens with one attached hydrogen (secondary N) is 1. The molecule has 1 N–H and O–H groups in total. The fourth-order valence-corrected chi connectivity index (χ4v) is 1.96. The van der Waals surface area contributed by atoms with Crippen LogP contribution in [0.2, 0.25) is 0 Å². The van der Waals surface area contributed by atoms with Gasteiger partial charge in [-0.05, 0) is 44.9 Å². The number of rotatable bonds is 5. The van der Waals surface area contributed by atoms with Gasteiger partial charge in [-0.25, -0.2) is 4.98 Å². The van der Waals surface area contributed by atoms with Gasteiger partial charge >= 0.3 is 0 Å². The predicted molar refractivity (Wildman–Crippen MR) is 75.4 cm³/mol. The van der Waals surface area contributed by atoms with E-state index in [0.29, 0.717) is 6.42 Å². The Labute approximate surface area is 112 Å². The molecule has 100 valence electrons. The minimum Gasteiger partial charge on any atom is -0.490 e. The molecule has 0 spiro atoms. The summed E-state index contributed by atoms with van der Waals surface area (Å²) in [6.07, 6.45) is 7.87. The molecular formula is C15H18N2O2. The van der Waals surface area contributed by atoms with Crippen LogP contribution in [0.5, 0.6) is 5.75 Å². The number of hydrogen-bond acceptors (Lipinski definition) is 3. The number of carbonyl (C=O) groups is 1. The quantitative estimate of drug-likeness (QED) is 0.839. The summed E-state index contributed by atoms with van der Waals surface area (Å²) < 4.78 is 5.80. The summed E-state index contributed by atoms with van der Waals surface area (Å²) in [6.45, 7) is 5.53. The van der Waals surface area contributed by atoms with Gasteiger partial charge in [-0.3, -0.25) is 4.79 Å². The number of ether oxygens (including phenoxy) is 1. The third kappa shape index (κ3) is 3.22. The number of aromatic amines is 1. The van der Waals surface area contributed by atoms with E-state index < -0.39 is 0 Å². The zero-order chi connectivity index (χ0) is 13.8. The van der Waals surface area contributed by atoms with Gasteiger partial charge in [0.25, 0.3) is 0 Å². The Balaban J connectivity index is 2.36. The lowest BCUT2D eigenvalue weighted by atomic mass is 10.1. The molecule has 0 aliphatic heterocycles. The monoisotopic (exact) mass is 258 g/mol. The number of ketones is 1. The van der Waals surface area contributed by atoms with Crippen LogP contribution in [-0.4, -0.2) is 21.9 Å². The predicted octanol–water partition coefficient (Wildman–Crippen LogP) is 3.04. The third-order valence-corrected chi connectivity index (χ3v) is 2.67. The van der Waals surface area contributed by atoms with Crippen LogP contribution in [0, 0.1) is 0 Å². The Morgan fingerprint density at radius 3 is 3.00 bits per heavy atom. The lowest BCUT2D eigenvalue weighted by Gasteiger charge is -2.11. The number of H-pyrrole nitrogens is 1. The van der Waals surface area contributed by atoms with Crippen LogP contribution in [0.1, 0.15) is 26.3 Å². The fraction of sp³-hybridized carbons (Fsp3) is 0.333. The number of carbonyl (C=O) groups excluding carboxylic acids is 1. The van der Waals surface area contributed by atoms with E-state index in [-0.39, 0.29) is 11.9 Å². The molecule has 0 amide bonds. The molecule has 0 radical (unpaired) electrons. The third-order valence-electron chi connectivity index (χ3n) is 2.67. The van der Waals surface area contributed by atoms with Gasteiger partial charge in [-0.1, -0.05) is 6.08 Å². The van der Waals surface area contributed by atoms with Crippen molar-refractivity contribution in [3.8, 4) is 5.75 Å². The Morgan fingerprint density at radius 1 is 1.53 bits per heavy atom. The highest BCUT2D eigenvalue weighted by Crippen LogP contribution is 2.28. The van der Waals surface area contributed by atoms with E-state index in [9.17, 15) is 4.79 Å². The van der Waals surface area contributed by atoms with Crippen LogP contribution in [0.3, 0.4) is 0 Å². The number of fused-ring (bicyclic) bond motifs is 1. The van der Waals surface area contributed by atoms with Gasteiger partial charge in [0.2, 0.25) is 0 Å². The van der Waals surface area contributed by atoms with Crippen LogP contribution >= 0.6 is 0 Å². The van der Waals surface area contributed by atoms with Crippen LogP contribution in [0.25, 0.3) is 11.0 Å². The van der Waals surface area contributed by atoms with Crippen molar-refractivity contribution in [3.63, 3.8) is 0 Å². The van der Waals surface area contributed by atoms with Crippen LogP contribution in [-0.2, 0) is 11.2 Å². The Bertz CT molecular complexity index is 612. The lowest BCUT2D eigenvalue weighted by molar-refractivity contribution is -0.112. The highest BCUT2D eigenvalue weighted by atomic mass is 16.5. The number of hydrogen-bond donors (Lipinski definition) is 1. The zero-order valence-corrected chi connectivity index (χ0v) is 11.4. The first-order valence-electron chi connectivity index (χ1n) is 6.36. The second-order valence-electron chi connectivity index (χ2n) is 4.73. The van der Waals surface area contributed by atoms with Gasteiger partial charge in [-0.15, -0.1) is 0 Å². The molecule has 2 aromatic heterocycles. The second-order valence-corrected chi connectivity index (χ2v) is 4.73. The first-order valence-corrected chi connectivity index (χ1v) is 6.36. The van der Waals surface area contributed by atoms with Gasteiger partial charge < -0.3 is 9.72 Å². The molecule has 0 atom stereocenters. The number of aromatic nitrogens is 2. The molecule has 0 aliphatic rings. The zero-order valence-electron chi connectivity index (χ0n) is 11.4. The summed E-state index contributed by atoms with van der Waals surface area (Å²) in [4.78, 5) is 18.3. The van der Waals surface area contributed by atoms with Crippen molar-refractivity contribution >= 4 is 16.8 Å².